The average molecular weight is 356 g/mol. The molecule has 1 aromatic heterocycles. The van der Waals surface area contributed by atoms with Crippen LogP contribution in [0, 0.1) is 0 Å². The molecule has 1 heterocycles. The predicted octanol–water partition coefficient (Wildman–Crippen LogP) is 1.52. The maximum atomic E-state index is 11.5. The molecular formula is C11H10BrN5O2S. The van der Waals surface area contributed by atoms with Crippen LogP contribution in [0.5, 0.6) is 5.75 Å². The van der Waals surface area contributed by atoms with Crippen molar-refractivity contribution in [1.82, 2.24) is 20.6 Å². The highest BCUT2D eigenvalue weighted by Crippen LogP contribution is 2.19. The number of nitrogens with zero attached hydrogens (tertiary/aromatic N) is 3. The van der Waals surface area contributed by atoms with Gasteiger partial charge >= 0.3 is 0 Å². The lowest BCUT2D eigenvalue weighted by Gasteiger charge is -2.00. The Labute approximate surface area is 127 Å². The summed E-state index contributed by atoms with van der Waals surface area (Å²) >= 11 is 4.50. The molecule has 2 rings (SSSR count). The first-order valence-electron chi connectivity index (χ1n) is 5.44. The summed E-state index contributed by atoms with van der Waals surface area (Å²) in [4.78, 5) is 15.4. The van der Waals surface area contributed by atoms with Gasteiger partial charge in [-0.15, -0.1) is 0 Å². The number of phenols is 1. The van der Waals surface area contributed by atoms with Crippen molar-refractivity contribution in [2.75, 3.05) is 5.75 Å². The third kappa shape index (κ3) is 4.35. The molecule has 0 radical (unpaired) electrons. The van der Waals surface area contributed by atoms with E-state index >= 15 is 0 Å². The largest absolute Gasteiger partial charge is 0.507 e. The second-order valence-corrected chi connectivity index (χ2v) is 5.46. The highest BCUT2D eigenvalue weighted by Gasteiger charge is 2.03. The molecule has 0 saturated carbocycles. The fraction of sp³-hybridized carbons (Fsp3) is 0.0909. The van der Waals surface area contributed by atoms with Crippen molar-refractivity contribution < 1.29 is 9.90 Å². The van der Waals surface area contributed by atoms with Crippen molar-refractivity contribution in [2.45, 2.75) is 5.16 Å². The van der Waals surface area contributed by atoms with Crippen molar-refractivity contribution in [1.29, 1.82) is 0 Å². The number of rotatable bonds is 5. The zero-order valence-electron chi connectivity index (χ0n) is 10.1. The Morgan fingerprint density at radius 1 is 1.60 bits per heavy atom. The predicted molar refractivity (Wildman–Crippen MR) is 78.7 cm³/mol. The first-order valence-corrected chi connectivity index (χ1v) is 7.21. The van der Waals surface area contributed by atoms with E-state index < -0.39 is 0 Å². The van der Waals surface area contributed by atoms with Crippen LogP contribution in [0.1, 0.15) is 5.56 Å². The maximum Gasteiger partial charge on any atom is 0.250 e. The Kier molecular flexibility index (Phi) is 5.13. The number of carbonyl (C=O) groups excluding carboxylic acids is 1. The van der Waals surface area contributed by atoms with Gasteiger partial charge in [0, 0.05) is 10.0 Å². The van der Waals surface area contributed by atoms with E-state index in [9.17, 15) is 9.90 Å². The Balaban J connectivity index is 1.83. The van der Waals surface area contributed by atoms with Crippen molar-refractivity contribution >= 4 is 39.8 Å². The van der Waals surface area contributed by atoms with Crippen LogP contribution < -0.4 is 5.43 Å². The molecule has 0 atom stereocenters. The van der Waals surface area contributed by atoms with Gasteiger partial charge in [0.1, 0.15) is 12.1 Å². The molecule has 2 aromatic rings. The number of phenolic OH excluding ortho intramolecular Hbond substituents is 1. The van der Waals surface area contributed by atoms with Crippen LogP contribution in [-0.2, 0) is 4.79 Å². The molecule has 0 unspecified atom stereocenters. The van der Waals surface area contributed by atoms with Gasteiger partial charge in [-0.2, -0.15) is 10.2 Å². The molecule has 20 heavy (non-hydrogen) atoms. The number of aromatic nitrogens is 3. The molecular weight excluding hydrogens is 346 g/mol. The molecule has 0 aliphatic heterocycles. The lowest BCUT2D eigenvalue weighted by Crippen LogP contribution is -2.19. The van der Waals surface area contributed by atoms with Crippen LogP contribution in [0.3, 0.4) is 0 Å². The zero-order chi connectivity index (χ0) is 14.4. The first-order chi connectivity index (χ1) is 9.65. The molecule has 7 nitrogen and oxygen atoms in total. The molecule has 0 aliphatic carbocycles. The van der Waals surface area contributed by atoms with Crippen LogP contribution in [0.4, 0.5) is 0 Å². The summed E-state index contributed by atoms with van der Waals surface area (Å²) in [6, 6.07) is 4.93. The Morgan fingerprint density at radius 3 is 3.20 bits per heavy atom. The summed E-state index contributed by atoms with van der Waals surface area (Å²) in [7, 11) is 0. The van der Waals surface area contributed by atoms with Gasteiger partial charge in [-0.05, 0) is 18.2 Å². The summed E-state index contributed by atoms with van der Waals surface area (Å²) < 4.78 is 0.809. The van der Waals surface area contributed by atoms with Crippen LogP contribution >= 0.6 is 27.7 Å². The highest BCUT2D eigenvalue weighted by atomic mass is 79.9. The third-order valence-electron chi connectivity index (χ3n) is 2.12. The molecule has 1 amide bonds. The molecule has 0 saturated heterocycles. The van der Waals surface area contributed by atoms with Crippen molar-refractivity contribution in [3.8, 4) is 5.75 Å². The van der Waals surface area contributed by atoms with E-state index in [1.54, 1.807) is 12.1 Å². The van der Waals surface area contributed by atoms with E-state index in [-0.39, 0.29) is 17.4 Å². The minimum Gasteiger partial charge on any atom is -0.507 e. The van der Waals surface area contributed by atoms with Gasteiger partial charge in [0.15, 0.2) is 5.16 Å². The smallest absolute Gasteiger partial charge is 0.250 e. The highest BCUT2D eigenvalue weighted by molar-refractivity contribution is 9.10. The normalized spacial score (nSPS) is 10.8. The lowest BCUT2D eigenvalue weighted by atomic mass is 10.2. The van der Waals surface area contributed by atoms with Gasteiger partial charge < -0.3 is 5.11 Å². The van der Waals surface area contributed by atoms with E-state index in [0.717, 1.165) is 4.47 Å². The van der Waals surface area contributed by atoms with Crippen LogP contribution in [-0.4, -0.2) is 38.2 Å². The lowest BCUT2D eigenvalue weighted by molar-refractivity contribution is -0.118. The van der Waals surface area contributed by atoms with Crippen LogP contribution in [0.15, 0.2) is 39.3 Å². The van der Waals surface area contributed by atoms with Gasteiger partial charge in [-0.25, -0.2) is 10.4 Å². The van der Waals surface area contributed by atoms with E-state index in [4.69, 9.17) is 0 Å². The Bertz CT molecular complexity index is 617. The fourth-order valence-corrected chi connectivity index (χ4v) is 2.18. The van der Waals surface area contributed by atoms with E-state index in [1.807, 2.05) is 0 Å². The minimum atomic E-state index is -0.280. The monoisotopic (exact) mass is 355 g/mol. The second kappa shape index (κ2) is 7.06. The van der Waals surface area contributed by atoms with E-state index in [0.29, 0.717) is 10.7 Å². The number of hydrogen-bond acceptors (Lipinski definition) is 6. The summed E-state index contributed by atoms with van der Waals surface area (Å²) in [6.45, 7) is 0. The van der Waals surface area contributed by atoms with Crippen LogP contribution in [0.25, 0.3) is 0 Å². The number of benzene rings is 1. The number of amides is 1. The van der Waals surface area contributed by atoms with E-state index in [2.05, 4.69) is 41.6 Å². The topological polar surface area (TPSA) is 103 Å². The standard InChI is InChI=1S/C11H10BrN5O2S/c12-8-1-2-9(18)7(3-8)4-14-16-10(19)5-20-11-13-6-15-17-11/h1-4,6,18H,5H2,(H,16,19)(H,13,15,17). The summed E-state index contributed by atoms with van der Waals surface area (Å²) in [5.74, 6) is -0.0313. The zero-order valence-corrected chi connectivity index (χ0v) is 12.5. The SMILES string of the molecule is O=C(CSc1ncn[nH]1)NN=Cc1cc(Br)ccc1O. The Hall–Kier alpha value is -1.87. The fourth-order valence-electron chi connectivity index (χ4n) is 1.23. The van der Waals surface area contributed by atoms with E-state index in [1.165, 1.54) is 30.4 Å². The van der Waals surface area contributed by atoms with Crippen LogP contribution in [0.2, 0.25) is 0 Å². The minimum absolute atomic E-state index is 0.0854. The number of aromatic amines is 1. The number of thioether (sulfide) groups is 1. The third-order valence-corrected chi connectivity index (χ3v) is 3.49. The molecule has 0 aliphatic rings. The van der Waals surface area contributed by atoms with Gasteiger partial charge in [0.2, 0.25) is 0 Å². The number of H-pyrrole nitrogens is 1. The van der Waals surface area contributed by atoms with Crippen molar-refractivity contribution in [3.63, 3.8) is 0 Å². The summed E-state index contributed by atoms with van der Waals surface area (Å²) in [6.07, 6.45) is 2.74. The van der Waals surface area contributed by atoms with Gasteiger partial charge in [-0.1, -0.05) is 27.7 Å². The first kappa shape index (κ1) is 14.5. The number of nitrogens with one attached hydrogen (secondary N) is 2. The molecule has 104 valence electrons. The average Bonchev–Trinajstić information content (AvgIpc) is 2.93. The number of halogens is 1. The molecule has 0 spiro atoms. The molecule has 0 fully saturated rings. The molecule has 1 aromatic carbocycles. The second-order valence-electron chi connectivity index (χ2n) is 3.58. The maximum absolute atomic E-state index is 11.5. The number of aromatic hydroxyl groups is 1. The number of hydrazone groups is 1. The Morgan fingerprint density at radius 2 is 2.45 bits per heavy atom. The molecule has 0 bridgehead atoms. The van der Waals surface area contributed by atoms with Crippen molar-refractivity contribution in [2.24, 2.45) is 5.10 Å². The number of carbonyl (C=O) groups is 1. The summed E-state index contributed by atoms with van der Waals surface area (Å²) in [5.41, 5.74) is 2.86. The molecule has 9 heteroatoms. The summed E-state index contributed by atoms with van der Waals surface area (Å²) in [5, 5.41) is 20.2. The van der Waals surface area contributed by atoms with Gasteiger partial charge in [0.25, 0.3) is 5.91 Å². The quantitative estimate of drug-likeness (QED) is 0.428. The van der Waals surface area contributed by atoms with Gasteiger partial charge in [-0.3, -0.25) is 9.89 Å². The number of hydrogen-bond donors (Lipinski definition) is 3. The van der Waals surface area contributed by atoms with Crippen molar-refractivity contribution in [3.05, 3.63) is 34.6 Å². The molecule has 3 N–H and O–H groups in total. The van der Waals surface area contributed by atoms with Gasteiger partial charge in [0.05, 0.1) is 12.0 Å².